The van der Waals surface area contributed by atoms with Gasteiger partial charge in [-0.2, -0.15) is 0 Å². The van der Waals surface area contributed by atoms with Gasteiger partial charge in [0.15, 0.2) is 0 Å². The van der Waals surface area contributed by atoms with Crippen molar-refractivity contribution in [1.82, 2.24) is 0 Å². The Bertz CT molecular complexity index is 351. The molecule has 1 nitrogen and oxygen atoms in total. The Kier molecular flexibility index (Phi) is 5.33. The molecule has 1 aliphatic carbocycles. The highest BCUT2D eigenvalue weighted by Crippen LogP contribution is 2.33. The second-order valence-electron chi connectivity index (χ2n) is 6.04. The number of rotatable bonds is 2. The molecule has 1 aromatic carbocycles. The highest BCUT2D eigenvalue weighted by molar-refractivity contribution is 5.22. The highest BCUT2D eigenvalue weighted by atomic mass is 16.3. The summed E-state index contributed by atoms with van der Waals surface area (Å²) in [5, 5.41) is 5.32. The van der Waals surface area contributed by atoms with Crippen LogP contribution in [0, 0.1) is 0 Å². The van der Waals surface area contributed by atoms with Gasteiger partial charge in [0.1, 0.15) is 0 Å². The standard InChI is InChI=1S/C18H28O/c19-18(17-13-9-8-10-14-17)15-11-6-4-2-1-3-5-7-12-16-18/h8-10,13-14,19H,1-7,11-12,15-16H2/i19D. The van der Waals surface area contributed by atoms with Crippen LogP contribution in [0.25, 0.3) is 0 Å². The maximum absolute atomic E-state index is 7.68. The van der Waals surface area contributed by atoms with Crippen LogP contribution in [0.2, 0.25) is 0 Å². The molecule has 1 aliphatic rings. The molecule has 1 N–H and O–H groups in total. The van der Waals surface area contributed by atoms with Gasteiger partial charge < -0.3 is 5.11 Å². The summed E-state index contributed by atoms with van der Waals surface area (Å²) in [5.41, 5.74) is 0.813. The zero-order valence-electron chi connectivity index (χ0n) is 13.1. The molecule has 0 spiro atoms. The Morgan fingerprint density at radius 1 is 0.737 bits per heavy atom. The lowest BCUT2D eigenvalue weighted by atomic mass is 9.83. The van der Waals surface area contributed by atoms with Crippen LogP contribution in [0.15, 0.2) is 30.3 Å². The third-order valence-electron chi connectivity index (χ3n) is 4.46. The lowest BCUT2D eigenvalue weighted by Crippen LogP contribution is -2.25. The van der Waals surface area contributed by atoms with E-state index in [-0.39, 0.29) is 5.60 Å². The Morgan fingerprint density at radius 3 is 1.68 bits per heavy atom. The molecular weight excluding hydrogens is 232 g/mol. The summed E-state index contributed by atoms with van der Waals surface area (Å²) in [7, 11) is 0. The first kappa shape index (κ1) is 13.2. The summed E-state index contributed by atoms with van der Waals surface area (Å²) < 4.78 is 7.68. The third-order valence-corrected chi connectivity index (χ3v) is 4.46. The smallest absolute Gasteiger partial charge is 0.211 e. The van der Waals surface area contributed by atoms with Gasteiger partial charge in [-0.1, -0.05) is 88.1 Å². The highest BCUT2D eigenvalue weighted by Gasteiger charge is 2.27. The number of benzene rings is 1. The predicted molar refractivity (Wildman–Crippen MR) is 81.1 cm³/mol. The van der Waals surface area contributed by atoms with E-state index >= 15 is 0 Å². The Hall–Kier alpha value is -0.820. The second-order valence-corrected chi connectivity index (χ2v) is 6.04. The van der Waals surface area contributed by atoms with Crippen LogP contribution >= 0.6 is 0 Å². The molecule has 1 aromatic rings. The minimum Gasteiger partial charge on any atom is -0.385 e. The van der Waals surface area contributed by atoms with Crippen molar-refractivity contribution in [3.63, 3.8) is 0 Å². The Balaban J connectivity index is 2.08. The zero-order valence-corrected chi connectivity index (χ0v) is 12.1. The number of aliphatic hydroxyl groups is 1. The number of hydrogen-bond acceptors (Lipinski definition) is 1. The number of hydrogen-bond donors (Lipinski definition) is 1. The molecule has 2 rings (SSSR count). The van der Waals surface area contributed by atoms with Crippen molar-refractivity contribution >= 4 is 0 Å². The molecule has 0 aromatic heterocycles. The zero-order chi connectivity index (χ0) is 14.1. The molecule has 0 bridgehead atoms. The average Bonchev–Trinajstić information content (AvgIpc) is 2.49. The van der Waals surface area contributed by atoms with Gasteiger partial charge in [0, 0.05) is 0 Å². The van der Waals surface area contributed by atoms with E-state index < -0.39 is 0 Å². The van der Waals surface area contributed by atoms with Crippen LogP contribution in [-0.2, 0) is 5.60 Å². The molecular formula is C18H28O. The molecule has 0 aliphatic heterocycles. The molecule has 1 fully saturated rings. The molecule has 1 saturated carbocycles. The predicted octanol–water partition coefficient (Wildman–Crippen LogP) is 5.18. The van der Waals surface area contributed by atoms with Gasteiger partial charge in [-0.05, 0) is 18.4 Å². The first-order chi connectivity index (χ1) is 9.87. The fourth-order valence-electron chi connectivity index (χ4n) is 3.21. The van der Waals surface area contributed by atoms with E-state index in [9.17, 15) is 0 Å². The van der Waals surface area contributed by atoms with Crippen LogP contribution in [0.5, 0.6) is 0 Å². The second kappa shape index (κ2) is 7.69. The molecule has 0 atom stereocenters. The maximum atomic E-state index is 7.68. The fourth-order valence-corrected chi connectivity index (χ4v) is 3.21. The summed E-state index contributed by atoms with van der Waals surface area (Å²) in [5.74, 6) is 0. The van der Waals surface area contributed by atoms with Crippen molar-refractivity contribution in [3.05, 3.63) is 35.9 Å². The van der Waals surface area contributed by atoms with Gasteiger partial charge in [-0.25, -0.2) is 0 Å². The minimum absolute atomic E-state index is 0.375. The molecule has 0 radical (unpaired) electrons. The summed E-state index contributed by atoms with van der Waals surface area (Å²) in [6.07, 6.45) is 13.7. The maximum Gasteiger partial charge on any atom is 0.211 e. The van der Waals surface area contributed by atoms with Crippen molar-refractivity contribution in [1.29, 1.82) is 1.43 Å². The van der Waals surface area contributed by atoms with E-state index in [0.29, 0.717) is 0 Å². The van der Waals surface area contributed by atoms with E-state index in [0.717, 1.165) is 12.8 Å². The van der Waals surface area contributed by atoms with Gasteiger partial charge in [0.2, 0.25) is 1.43 Å². The van der Waals surface area contributed by atoms with Crippen molar-refractivity contribution in [3.8, 4) is 0 Å². The van der Waals surface area contributed by atoms with Gasteiger partial charge in [-0.15, -0.1) is 0 Å². The Labute approximate surface area is 119 Å². The molecule has 0 saturated heterocycles. The van der Waals surface area contributed by atoms with Crippen LogP contribution in [-0.4, -0.2) is 6.54 Å². The van der Waals surface area contributed by atoms with Gasteiger partial charge in [-0.3, -0.25) is 0 Å². The first-order valence-electron chi connectivity index (χ1n) is 8.48. The van der Waals surface area contributed by atoms with Gasteiger partial charge in [0.05, 0.1) is 5.60 Å². The first-order valence-corrected chi connectivity index (χ1v) is 8.07. The van der Waals surface area contributed by atoms with Crippen molar-refractivity contribution in [2.45, 2.75) is 76.2 Å². The van der Waals surface area contributed by atoms with Crippen molar-refractivity contribution in [2.24, 2.45) is 0 Å². The quantitative estimate of drug-likeness (QED) is 0.777. The summed E-state index contributed by atoms with van der Waals surface area (Å²) in [4.78, 5) is 0. The summed E-state index contributed by atoms with van der Waals surface area (Å²) in [6.45, 7) is 0. The van der Waals surface area contributed by atoms with Crippen LogP contribution in [0.3, 0.4) is 0 Å². The molecule has 0 amide bonds. The van der Waals surface area contributed by atoms with E-state index in [1.165, 1.54) is 63.4 Å². The van der Waals surface area contributed by atoms with Crippen LogP contribution in [0.1, 0.15) is 76.2 Å². The lowest BCUT2D eigenvalue weighted by molar-refractivity contribution is 0.0130. The van der Waals surface area contributed by atoms with E-state index in [1.54, 1.807) is 0 Å². The average molecular weight is 261 g/mol. The molecule has 1 heteroatoms. The molecule has 0 unspecified atom stereocenters. The molecule has 0 heterocycles. The largest absolute Gasteiger partial charge is 0.385 e. The summed E-state index contributed by atoms with van der Waals surface area (Å²) >= 11 is 0. The Morgan fingerprint density at radius 2 is 1.21 bits per heavy atom. The third kappa shape index (κ3) is 4.65. The topological polar surface area (TPSA) is 20.2 Å². The van der Waals surface area contributed by atoms with Crippen molar-refractivity contribution < 1.29 is 5.11 Å². The fraction of sp³-hybridized carbons (Fsp3) is 0.667. The van der Waals surface area contributed by atoms with E-state index in [4.69, 9.17) is 6.54 Å². The monoisotopic (exact) mass is 261 g/mol. The van der Waals surface area contributed by atoms with Gasteiger partial charge >= 0.3 is 0 Å². The van der Waals surface area contributed by atoms with Crippen LogP contribution < -0.4 is 0 Å². The molecule has 106 valence electrons. The van der Waals surface area contributed by atoms with E-state index in [2.05, 4.69) is 24.3 Å². The van der Waals surface area contributed by atoms with Gasteiger partial charge in [0.25, 0.3) is 0 Å². The minimum atomic E-state index is -0.375. The van der Waals surface area contributed by atoms with Crippen molar-refractivity contribution in [2.75, 3.05) is 0 Å². The molecule has 19 heavy (non-hydrogen) atoms. The summed E-state index contributed by atoms with van der Waals surface area (Å²) in [6, 6.07) is 10.4. The normalized spacial score (nSPS) is 22.8. The SMILES string of the molecule is [2H]OC1(c2ccccc2)CCCCCCCCCCC1. The van der Waals surface area contributed by atoms with E-state index in [1.807, 2.05) is 6.07 Å². The van der Waals surface area contributed by atoms with Crippen LogP contribution in [0.4, 0.5) is 0 Å². The lowest BCUT2D eigenvalue weighted by Gasteiger charge is -2.29.